The van der Waals surface area contributed by atoms with Crippen molar-refractivity contribution in [3.05, 3.63) is 101 Å². The van der Waals surface area contributed by atoms with Crippen molar-refractivity contribution in [1.29, 1.82) is 0 Å². The third kappa shape index (κ3) is 11.2. The molecule has 2 bridgehead atoms. The van der Waals surface area contributed by atoms with Crippen molar-refractivity contribution in [2.24, 2.45) is 17.3 Å². The van der Waals surface area contributed by atoms with Gasteiger partial charge in [0.25, 0.3) is 5.91 Å². The van der Waals surface area contributed by atoms with Crippen molar-refractivity contribution in [2.75, 3.05) is 57.3 Å². The van der Waals surface area contributed by atoms with Gasteiger partial charge in [0.1, 0.15) is 46.1 Å². The van der Waals surface area contributed by atoms with Crippen LogP contribution in [0, 0.1) is 41.2 Å². The van der Waals surface area contributed by atoms with Crippen LogP contribution in [0.5, 0.6) is 23.3 Å². The van der Waals surface area contributed by atoms with Crippen molar-refractivity contribution in [3.8, 4) is 63.9 Å². The molecule has 21 heteroatoms. The molecule has 4 aromatic carbocycles. The van der Waals surface area contributed by atoms with E-state index in [1.807, 2.05) is 31.3 Å². The predicted octanol–water partition coefficient (Wildman–Crippen LogP) is 10.00. The van der Waals surface area contributed by atoms with Crippen LogP contribution in [-0.2, 0) is 6.54 Å². The molecule has 0 radical (unpaired) electrons. The number of piperazine rings is 1. The lowest BCUT2D eigenvalue weighted by Crippen LogP contribution is -2.51. The van der Waals surface area contributed by atoms with Crippen LogP contribution in [0.4, 0.5) is 27.8 Å². The zero-order valence-electron chi connectivity index (χ0n) is 46.5. The number of likely N-dealkylation sites (tertiary alicyclic amines) is 2. The van der Waals surface area contributed by atoms with Gasteiger partial charge < -0.3 is 40.5 Å². The first kappa shape index (κ1) is 55.8. The molecular formula is C62H66F5N11O5. The van der Waals surface area contributed by atoms with Gasteiger partial charge in [0.05, 0.1) is 23.1 Å². The molecule has 5 N–H and O–H groups in total. The lowest BCUT2D eigenvalue weighted by atomic mass is 9.78. The molecule has 434 valence electrons. The lowest BCUT2D eigenvalue weighted by molar-refractivity contribution is -0.149. The molecular weight excluding hydrogens is 1070 g/mol. The van der Waals surface area contributed by atoms with Gasteiger partial charge in [-0.2, -0.15) is 23.1 Å². The van der Waals surface area contributed by atoms with E-state index >= 15 is 8.78 Å². The minimum atomic E-state index is -4.69. The Hall–Kier alpha value is -7.67. The van der Waals surface area contributed by atoms with Gasteiger partial charge in [0.2, 0.25) is 5.82 Å². The van der Waals surface area contributed by atoms with Crippen LogP contribution in [-0.4, -0.2) is 137 Å². The van der Waals surface area contributed by atoms with Crippen LogP contribution in [0.3, 0.4) is 0 Å². The highest BCUT2D eigenvalue weighted by Crippen LogP contribution is 2.48. The summed E-state index contributed by atoms with van der Waals surface area (Å²) < 4.78 is 80.8. The summed E-state index contributed by atoms with van der Waals surface area (Å²) in [4.78, 5) is 34.8. The number of phenols is 3. The molecule has 7 heterocycles. The van der Waals surface area contributed by atoms with E-state index in [1.165, 1.54) is 34.9 Å². The molecule has 3 aromatic heterocycles. The van der Waals surface area contributed by atoms with Crippen molar-refractivity contribution < 1.29 is 46.8 Å². The Labute approximate surface area is 477 Å². The standard InChI is InChI=1S/C62H66F5N11O5/c1-5-44-49(63)13-8-39-24-43(79)25-47(52(39)44)54-53(64)55-48(28-68-54)56(77-30-40-9-10-41(31-77)70-40)72-60(71-55)83-33-61(18-19-61)32-76-22-16-38(17-23-76)37-14-20-75(21-15-37)29-36-6-11-42(12-7-36)78-57(46-26-45(34(2)3)50(80)27-51(46)81)73-74-58(78)59(82)69-35(4)62(65,66)67/h1,6-8,11-13,24-28,34-35,37-38,40-41,70,79-81H,9-10,14-23,29-33H2,2-4H3,(H,69,82). The fourth-order valence-corrected chi connectivity index (χ4v) is 13.1. The maximum atomic E-state index is 17.2. The maximum absolute atomic E-state index is 17.2. The lowest BCUT2D eigenvalue weighted by Gasteiger charge is -2.41. The average Bonchev–Trinajstić information content (AvgIpc) is 4.19. The summed E-state index contributed by atoms with van der Waals surface area (Å²) in [6, 6.07) is 14.0. The number of hydrogen-bond acceptors (Lipinski definition) is 14. The summed E-state index contributed by atoms with van der Waals surface area (Å²) in [6.45, 7) is 11.7. The monoisotopic (exact) mass is 1140 g/mol. The number of terminal acetylenes is 1. The number of rotatable bonds is 15. The zero-order valence-corrected chi connectivity index (χ0v) is 46.5. The number of pyridine rings is 1. The third-order valence-corrected chi connectivity index (χ3v) is 17.9. The minimum absolute atomic E-state index is 0.0175. The van der Waals surface area contributed by atoms with E-state index in [1.54, 1.807) is 24.4 Å². The van der Waals surface area contributed by atoms with Crippen LogP contribution in [0.25, 0.3) is 50.0 Å². The Morgan fingerprint density at radius 1 is 0.855 bits per heavy atom. The molecule has 7 aromatic rings. The van der Waals surface area contributed by atoms with E-state index < -0.39 is 35.6 Å². The second-order valence-corrected chi connectivity index (χ2v) is 23.9. The molecule has 0 spiro atoms. The summed E-state index contributed by atoms with van der Waals surface area (Å²) in [7, 11) is 0. The fourth-order valence-electron chi connectivity index (χ4n) is 13.1. The fraction of sp³-hybridized carbons (Fsp3) is 0.452. The number of nitrogens with zero attached hydrogens (tertiary/aromatic N) is 9. The van der Waals surface area contributed by atoms with Gasteiger partial charge in [-0.05, 0) is 155 Å². The Morgan fingerprint density at radius 2 is 1.54 bits per heavy atom. The molecule has 16 nitrogen and oxygen atoms in total. The molecule has 12 rings (SSSR count). The van der Waals surface area contributed by atoms with Gasteiger partial charge in [0.15, 0.2) is 11.6 Å². The van der Waals surface area contributed by atoms with Crippen LogP contribution < -0.4 is 20.3 Å². The highest BCUT2D eigenvalue weighted by molar-refractivity contribution is 6.03. The van der Waals surface area contributed by atoms with E-state index in [0.717, 1.165) is 96.6 Å². The Kier molecular flexibility index (Phi) is 14.9. The highest BCUT2D eigenvalue weighted by Gasteiger charge is 2.46. The van der Waals surface area contributed by atoms with Gasteiger partial charge in [0, 0.05) is 72.6 Å². The number of carbonyl (C=O) groups excluding carboxylic acids is 1. The Bertz CT molecular complexity index is 3650. The number of fused-ring (bicyclic) bond motifs is 4. The number of ether oxygens (including phenoxy) is 1. The molecule has 1 amide bonds. The summed E-state index contributed by atoms with van der Waals surface area (Å²) in [5.41, 5.74) is 1.96. The summed E-state index contributed by atoms with van der Waals surface area (Å²) in [6.07, 6.45) is 11.0. The number of hydrogen-bond donors (Lipinski definition) is 5. The van der Waals surface area contributed by atoms with Crippen molar-refractivity contribution in [3.63, 3.8) is 0 Å². The maximum Gasteiger partial charge on any atom is 0.408 e. The van der Waals surface area contributed by atoms with Gasteiger partial charge in [-0.25, -0.2) is 8.78 Å². The number of aromatic nitrogens is 6. The number of amides is 1. The number of aromatic hydroxyl groups is 3. The molecule has 5 fully saturated rings. The van der Waals surface area contributed by atoms with Crippen LogP contribution in [0.15, 0.2) is 66.9 Å². The molecule has 4 saturated heterocycles. The van der Waals surface area contributed by atoms with E-state index in [9.17, 15) is 33.3 Å². The normalized spacial score (nSPS) is 20.1. The van der Waals surface area contributed by atoms with Crippen molar-refractivity contribution in [2.45, 2.75) is 109 Å². The van der Waals surface area contributed by atoms with E-state index in [0.29, 0.717) is 65.9 Å². The smallest absolute Gasteiger partial charge is 0.408 e. The van der Waals surface area contributed by atoms with Gasteiger partial charge in [-0.1, -0.05) is 38.0 Å². The summed E-state index contributed by atoms with van der Waals surface area (Å²) in [5.74, 6) is 0.535. The summed E-state index contributed by atoms with van der Waals surface area (Å²) in [5, 5.41) is 47.2. The number of benzene rings is 4. The van der Waals surface area contributed by atoms with Gasteiger partial charge in [-0.3, -0.25) is 19.2 Å². The van der Waals surface area contributed by atoms with Crippen molar-refractivity contribution in [1.82, 2.24) is 50.1 Å². The molecule has 1 saturated carbocycles. The van der Waals surface area contributed by atoms with Crippen molar-refractivity contribution >= 4 is 33.4 Å². The Balaban J connectivity index is 0.684. The topological polar surface area (TPSA) is 190 Å². The molecule has 3 atom stereocenters. The largest absolute Gasteiger partial charge is 0.508 e. The second kappa shape index (κ2) is 22.2. The zero-order chi connectivity index (χ0) is 58.1. The first-order valence-corrected chi connectivity index (χ1v) is 28.7. The SMILES string of the molecule is C#Cc1c(F)ccc2cc(O)cc(-c3ncc4c(N5CC6CCC(C5)N6)nc(OCC5(CN6CCC(C7CCN(Cc8ccc(-n9c(C(=O)NC(C)C(F)(F)F)nnc9-c9cc(C(C)C)c(O)cc9O)cc8)CC7)CC6)CC5)nc4c3F)c12. The Morgan fingerprint density at radius 3 is 2.19 bits per heavy atom. The number of carbonyl (C=O) groups is 1. The minimum Gasteiger partial charge on any atom is -0.508 e. The molecule has 4 aliphatic heterocycles. The molecule has 1 aliphatic carbocycles. The number of nitrogens with one attached hydrogen (secondary N) is 2. The number of phenolic OH excluding ortho intramolecular Hbond substituents is 3. The van der Waals surface area contributed by atoms with Crippen LogP contribution in [0.1, 0.15) is 105 Å². The number of anilines is 1. The quantitative estimate of drug-likeness (QED) is 0.0482. The number of piperidine rings is 2. The van der Waals surface area contributed by atoms with Gasteiger partial charge in [-0.15, -0.1) is 16.6 Å². The number of halogens is 5. The van der Waals surface area contributed by atoms with Gasteiger partial charge >= 0.3 is 12.2 Å². The first-order valence-electron chi connectivity index (χ1n) is 28.7. The molecule has 5 aliphatic rings. The molecule has 3 unspecified atom stereocenters. The average molecular weight is 1140 g/mol. The first-order chi connectivity index (χ1) is 39.8. The third-order valence-electron chi connectivity index (χ3n) is 17.9. The second-order valence-electron chi connectivity index (χ2n) is 23.9. The van der Waals surface area contributed by atoms with Crippen LogP contribution >= 0.6 is 0 Å². The molecule has 83 heavy (non-hydrogen) atoms. The summed E-state index contributed by atoms with van der Waals surface area (Å²) >= 11 is 0. The van der Waals surface area contributed by atoms with E-state index in [-0.39, 0.29) is 85.8 Å². The van der Waals surface area contributed by atoms with E-state index in [4.69, 9.17) is 21.1 Å². The van der Waals surface area contributed by atoms with Crippen LogP contribution in [0.2, 0.25) is 0 Å². The predicted molar refractivity (Wildman–Crippen MR) is 303 cm³/mol. The number of alkyl halides is 3. The highest BCUT2D eigenvalue weighted by atomic mass is 19.4. The van der Waals surface area contributed by atoms with E-state index in [2.05, 4.69) is 41.1 Å².